The van der Waals surface area contributed by atoms with Crippen molar-refractivity contribution in [2.24, 2.45) is 5.92 Å². The number of aliphatic hydroxyl groups is 1. The molecule has 110 valence electrons. The Hall–Kier alpha value is -1.59. The number of carbonyl (C=O) groups is 1. The van der Waals surface area contributed by atoms with E-state index in [9.17, 15) is 9.90 Å². The molecule has 0 radical (unpaired) electrons. The van der Waals surface area contributed by atoms with E-state index in [1.807, 2.05) is 13.8 Å². The Labute approximate surface area is 118 Å². The number of nitrogens with one attached hydrogen (secondary N) is 1. The Morgan fingerprint density at radius 2 is 2.35 bits per heavy atom. The van der Waals surface area contributed by atoms with Gasteiger partial charge in [0.05, 0.1) is 13.2 Å². The van der Waals surface area contributed by atoms with Crippen molar-refractivity contribution >= 4 is 11.6 Å². The summed E-state index contributed by atoms with van der Waals surface area (Å²) < 4.78 is 10.8. The van der Waals surface area contributed by atoms with E-state index >= 15 is 0 Å². The Morgan fingerprint density at radius 1 is 1.55 bits per heavy atom. The summed E-state index contributed by atoms with van der Waals surface area (Å²) in [5.74, 6) is 0.733. The number of carbonyl (C=O) groups excluding carboxylic acids is 1. The topological polar surface area (TPSA) is 67.8 Å². The molecule has 2 atom stereocenters. The highest BCUT2D eigenvalue weighted by Crippen LogP contribution is 2.25. The van der Waals surface area contributed by atoms with Crippen LogP contribution in [0.2, 0.25) is 0 Å². The summed E-state index contributed by atoms with van der Waals surface area (Å²) in [6, 6.07) is 5.24. The SMILES string of the molecule is CCOc1ccc(NC(=O)C2OCCC2C)cc1CO. The van der Waals surface area contributed by atoms with Crippen molar-refractivity contribution < 1.29 is 19.4 Å². The third-order valence-electron chi connectivity index (χ3n) is 3.44. The van der Waals surface area contributed by atoms with Crippen LogP contribution in [-0.2, 0) is 16.1 Å². The van der Waals surface area contributed by atoms with E-state index in [-0.39, 0.29) is 24.5 Å². The molecule has 1 heterocycles. The van der Waals surface area contributed by atoms with E-state index in [0.717, 1.165) is 6.42 Å². The highest BCUT2D eigenvalue weighted by Gasteiger charge is 2.30. The average molecular weight is 279 g/mol. The van der Waals surface area contributed by atoms with Crippen LogP contribution in [0.15, 0.2) is 18.2 Å². The second-order valence-electron chi connectivity index (χ2n) is 4.96. The quantitative estimate of drug-likeness (QED) is 0.864. The largest absolute Gasteiger partial charge is 0.494 e. The van der Waals surface area contributed by atoms with Crippen molar-refractivity contribution in [2.45, 2.75) is 33.0 Å². The summed E-state index contributed by atoms with van der Waals surface area (Å²) >= 11 is 0. The second kappa shape index (κ2) is 6.72. The molecule has 2 rings (SSSR count). The lowest BCUT2D eigenvalue weighted by molar-refractivity contribution is -0.126. The van der Waals surface area contributed by atoms with Crippen LogP contribution in [0.4, 0.5) is 5.69 Å². The Balaban J connectivity index is 2.07. The predicted molar refractivity (Wildman–Crippen MR) is 75.7 cm³/mol. The van der Waals surface area contributed by atoms with Gasteiger partial charge in [0.25, 0.3) is 5.91 Å². The van der Waals surface area contributed by atoms with Gasteiger partial charge in [-0.2, -0.15) is 0 Å². The molecule has 5 nitrogen and oxygen atoms in total. The molecule has 2 N–H and O–H groups in total. The molecule has 1 aromatic rings. The molecule has 0 saturated carbocycles. The van der Waals surface area contributed by atoms with Gasteiger partial charge in [0.2, 0.25) is 0 Å². The van der Waals surface area contributed by atoms with E-state index < -0.39 is 0 Å². The number of amides is 1. The monoisotopic (exact) mass is 279 g/mol. The molecular weight excluding hydrogens is 258 g/mol. The fourth-order valence-corrected chi connectivity index (χ4v) is 2.32. The average Bonchev–Trinajstić information content (AvgIpc) is 2.87. The minimum Gasteiger partial charge on any atom is -0.494 e. The smallest absolute Gasteiger partial charge is 0.253 e. The number of aliphatic hydroxyl groups excluding tert-OH is 1. The van der Waals surface area contributed by atoms with Crippen LogP contribution in [-0.4, -0.2) is 30.3 Å². The first-order valence-electron chi connectivity index (χ1n) is 6.94. The third kappa shape index (κ3) is 3.29. The van der Waals surface area contributed by atoms with Crippen molar-refractivity contribution in [1.82, 2.24) is 0 Å². The molecule has 1 amide bonds. The van der Waals surface area contributed by atoms with Gasteiger partial charge in [-0.1, -0.05) is 6.92 Å². The molecular formula is C15H21NO4. The molecule has 1 aliphatic rings. The number of anilines is 1. The molecule has 0 spiro atoms. The van der Waals surface area contributed by atoms with Crippen LogP contribution in [0.5, 0.6) is 5.75 Å². The van der Waals surface area contributed by atoms with Gasteiger partial charge in [-0.25, -0.2) is 0 Å². The van der Waals surface area contributed by atoms with Crippen molar-refractivity contribution in [3.05, 3.63) is 23.8 Å². The van der Waals surface area contributed by atoms with Crippen molar-refractivity contribution in [3.63, 3.8) is 0 Å². The number of hydrogen-bond donors (Lipinski definition) is 2. The summed E-state index contributed by atoms with van der Waals surface area (Å²) in [4.78, 5) is 12.1. The van der Waals surface area contributed by atoms with Gasteiger partial charge in [-0.05, 0) is 37.5 Å². The Kier molecular flexibility index (Phi) is 4.98. The van der Waals surface area contributed by atoms with Crippen molar-refractivity contribution in [3.8, 4) is 5.75 Å². The standard InChI is InChI=1S/C15H21NO4/c1-3-19-13-5-4-12(8-11(13)9-17)16-15(18)14-10(2)6-7-20-14/h4-5,8,10,14,17H,3,6-7,9H2,1-2H3,(H,16,18). The van der Waals surface area contributed by atoms with Gasteiger partial charge in [0, 0.05) is 17.9 Å². The van der Waals surface area contributed by atoms with Gasteiger partial charge < -0.3 is 19.9 Å². The molecule has 1 fully saturated rings. The molecule has 2 unspecified atom stereocenters. The number of hydrogen-bond acceptors (Lipinski definition) is 4. The lowest BCUT2D eigenvalue weighted by Gasteiger charge is -2.16. The summed E-state index contributed by atoms with van der Waals surface area (Å²) in [6.07, 6.45) is 0.516. The van der Waals surface area contributed by atoms with Crippen LogP contribution >= 0.6 is 0 Å². The molecule has 0 aromatic heterocycles. The molecule has 20 heavy (non-hydrogen) atoms. The number of benzene rings is 1. The fourth-order valence-electron chi connectivity index (χ4n) is 2.32. The normalized spacial score (nSPS) is 21.8. The zero-order valence-electron chi connectivity index (χ0n) is 11.9. The second-order valence-corrected chi connectivity index (χ2v) is 4.96. The summed E-state index contributed by atoms with van der Waals surface area (Å²) in [7, 11) is 0. The maximum Gasteiger partial charge on any atom is 0.253 e. The fraction of sp³-hybridized carbons (Fsp3) is 0.533. The van der Waals surface area contributed by atoms with Gasteiger partial charge in [0.15, 0.2) is 0 Å². The highest BCUT2D eigenvalue weighted by molar-refractivity contribution is 5.94. The Morgan fingerprint density at radius 3 is 2.95 bits per heavy atom. The van der Waals surface area contributed by atoms with E-state index in [0.29, 0.717) is 30.2 Å². The molecule has 1 saturated heterocycles. The van der Waals surface area contributed by atoms with Crippen molar-refractivity contribution in [2.75, 3.05) is 18.5 Å². The molecule has 0 aliphatic carbocycles. The van der Waals surface area contributed by atoms with Crippen LogP contribution in [0.3, 0.4) is 0 Å². The first-order valence-corrected chi connectivity index (χ1v) is 6.94. The maximum absolute atomic E-state index is 12.1. The van der Waals surface area contributed by atoms with Crippen LogP contribution in [0.1, 0.15) is 25.8 Å². The summed E-state index contributed by atoms with van der Waals surface area (Å²) in [5, 5.41) is 12.2. The first-order chi connectivity index (χ1) is 9.65. The zero-order chi connectivity index (χ0) is 14.5. The molecule has 1 aromatic carbocycles. The van der Waals surface area contributed by atoms with E-state index in [4.69, 9.17) is 9.47 Å². The van der Waals surface area contributed by atoms with Crippen LogP contribution in [0.25, 0.3) is 0 Å². The highest BCUT2D eigenvalue weighted by atomic mass is 16.5. The lowest BCUT2D eigenvalue weighted by atomic mass is 10.0. The number of ether oxygens (including phenoxy) is 2. The van der Waals surface area contributed by atoms with Crippen LogP contribution < -0.4 is 10.1 Å². The summed E-state index contributed by atoms with van der Waals surface area (Å²) in [5.41, 5.74) is 1.30. The van der Waals surface area contributed by atoms with E-state index in [1.54, 1.807) is 18.2 Å². The van der Waals surface area contributed by atoms with Crippen LogP contribution in [0, 0.1) is 5.92 Å². The van der Waals surface area contributed by atoms with Gasteiger partial charge >= 0.3 is 0 Å². The van der Waals surface area contributed by atoms with Gasteiger partial charge in [-0.15, -0.1) is 0 Å². The lowest BCUT2D eigenvalue weighted by Crippen LogP contribution is -2.31. The van der Waals surface area contributed by atoms with E-state index in [2.05, 4.69) is 5.32 Å². The van der Waals surface area contributed by atoms with Gasteiger partial charge in [-0.3, -0.25) is 4.79 Å². The van der Waals surface area contributed by atoms with E-state index in [1.165, 1.54) is 0 Å². The Bertz CT molecular complexity index is 475. The molecule has 1 aliphatic heterocycles. The zero-order valence-corrected chi connectivity index (χ0v) is 11.9. The minimum absolute atomic E-state index is 0.130. The molecule has 0 bridgehead atoms. The molecule has 5 heteroatoms. The third-order valence-corrected chi connectivity index (χ3v) is 3.44. The minimum atomic E-state index is -0.390. The van der Waals surface area contributed by atoms with Gasteiger partial charge in [0.1, 0.15) is 11.9 Å². The maximum atomic E-state index is 12.1. The summed E-state index contributed by atoms with van der Waals surface area (Å²) in [6.45, 7) is 4.93. The van der Waals surface area contributed by atoms with Crippen molar-refractivity contribution in [1.29, 1.82) is 0 Å². The number of rotatable bonds is 5. The predicted octanol–water partition coefficient (Wildman–Crippen LogP) is 1.94. The first kappa shape index (κ1) is 14.8.